The van der Waals surface area contributed by atoms with Crippen LogP contribution in [-0.4, -0.2) is 26.4 Å². The van der Waals surface area contributed by atoms with Crippen molar-refractivity contribution in [3.63, 3.8) is 0 Å². The van der Waals surface area contributed by atoms with Crippen LogP contribution in [0.25, 0.3) is 0 Å². The maximum atomic E-state index is 12.7. The third kappa shape index (κ3) is 3.52. The summed E-state index contributed by atoms with van der Waals surface area (Å²) >= 11 is 5.95. The first-order chi connectivity index (χ1) is 11.5. The second kappa shape index (κ2) is 7.28. The van der Waals surface area contributed by atoms with Gasteiger partial charge >= 0.3 is 6.03 Å². The predicted molar refractivity (Wildman–Crippen MR) is 98.1 cm³/mol. The Morgan fingerprint density at radius 2 is 2.17 bits per heavy atom. The molecule has 3 atom stereocenters. The van der Waals surface area contributed by atoms with Gasteiger partial charge < -0.3 is 0 Å². The van der Waals surface area contributed by atoms with Gasteiger partial charge in [-0.05, 0) is 42.0 Å². The average Bonchev–Trinajstić information content (AvgIpc) is 2.85. The molecule has 0 radical (unpaired) electrons. The van der Waals surface area contributed by atoms with Crippen LogP contribution in [0, 0.1) is 11.8 Å². The van der Waals surface area contributed by atoms with E-state index in [1.54, 1.807) is 6.08 Å². The Bertz CT molecular complexity index is 693. The number of rotatable bonds is 2. The van der Waals surface area contributed by atoms with Crippen LogP contribution in [0.3, 0.4) is 0 Å². The van der Waals surface area contributed by atoms with Crippen LogP contribution in [0.2, 0.25) is 0 Å². The van der Waals surface area contributed by atoms with Crippen molar-refractivity contribution < 1.29 is 13.6 Å². The van der Waals surface area contributed by atoms with E-state index in [0.717, 1.165) is 35.8 Å². The van der Waals surface area contributed by atoms with Gasteiger partial charge in [0.25, 0.3) is 0 Å². The monoisotopic (exact) mass is 366 g/mol. The summed E-state index contributed by atoms with van der Waals surface area (Å²) in [6.07, 6.45) is 10.8. The molecule has 2 amide bonds. The topological polar surface area (TPSA) is 49.2 Å². The number of halogens is 1. The fourth-order valence-corrected chi connectivity index (χ4v) is 4.99. The van der Waals surface area contributed by atoms with E-state index in [0.29, 0.717) is 17.4 Å². The van der Waals surface area contributed by atoms with Crippen LogP contribution in [-0.2, 0) is 10.8 Å². The number of allylic oxidation sites excluding steroid dienone is 6. The van der Waals surface area contributed by atoms with Gasteiger partial charge in [-0.2, -0.15) is 10.9 Å². The summed E-state index contributed by atoms with van der Waals surface area (Å²) in [4.78, 5) is 13.4. The smallest absolute Gasteiger partial charge is 0.248 e. The highest BCUT2D eigenvalue weighted by molar-refractivity contribution is 8.02. The van der Waals surface area contributed by atoms with Gasteiger partial charge in [0.1, 0.15) is 0 Å². The van der Waals surface area contributed by atoms with E-state index < -0.39 is 10.8 Å². The number of urea groups is 1. The molecule has 3 rings (SSSR count). The molecule has 2 aliphatic carbocycles. The highest BCUT2D eigenvalue weighted by atomic mass is 35.5. The van der Waals surface area contributed by atoms with E-state index in [-0.39, 0.29) is 12.1 Å². The Hall–Kier alpha value is -1.33. The van der Waals surface area contributed by atoms with Crippen LogP contribution in [0.4, 0.5) is 4.79 Å². The molecule has 1 heterocycles. The van der Waals surface area contributed by atoms with Crippen molar-refractivity contribution >= 4 is 34.0 Å². The van der Waals surface area contributed by atoms with Crippen LogP contribution in [0.5, 0.6) is 0 Å². The van der Waals surface area contributed by atoms with E-state index in [1.807, 2.05) is 19.1 Å². The van der Waals surface area contributed by atoms with Crippen LogP contribution < -0.4 is 5.32 Å². The van der Waals surface area contributed by atoms with Gasteiger partial charge in [0.15, 0.2) is 5.55 Å². The van der Waals surface area contributed by atoms with Gasteiger partial charge in [0.2, 0.25) is 0 Å². The first-order valence-corrected chi connectivity index (χ1v) is 10.0. The average molecular weight is 367 g/mol. The summed E-state index contributed by atoms with van der Waals surface area (Å²) in [6, 6.07) is 0.0254. The molecule has 24 heavy (non-hydrogen) atoms. The first kappa shape index (κ1) is 17.5. The van der Waals surface area contributed by atoms with Gasteiger partial charge in [-0.25, -0.2) is 14.1 Å². The highest BCUT2D eigenvalue weighted by Crippen LogP contribution is 2.33. The molecule has 1 fully saturated rings. The number of amides is 2. The van der Waals surface area contributed by atoms with Crippen molar-refractivity contribution in [1.29, 1.82) is 0 Å². The second-order valence-electron chi connectivity index (χ2n) is 6.66. The summed E-state index contributed by atoms with van der Waals surface area (Å²) in [5.41, 5.74) is 2.24. The lowest BCUT2D eigenvalue weighted by atomic mass is 9.86. The highest BCUT2D eigenvalue weighted by Gasteiger charge is 2.32. The largest absolute Gasteiger partial charge is 0.485 e. The molecule has 6 heteroatoms. The number of nitrogens with one attached hydrogen (secondary N) is 1. The third-order valence-corrected chi connectivity index (χ3v) is 6.63. The first-order valence-electron chi connectivity index (χ1n) is 8.43. The van der Waals surface area contributed by atoms with Crippen molar-refractivity contribution in [2.24, 2.45) is 5.92 Å². The summed E-state index contributed by atoms with van der Waals surface area (Å²) in [7, 11) is -1.31. The number of carbonyl (C=O) groups is 1. The molecule has 4 nitrogen and oxygen atoms in total. The SMILES string of the molecule is CC1=C([C-]2C=CC(Cl)=CC2)S(=O)C=[N+]1C(=O)N[C@@H]1CCCC[C@H]1C. The molecule has 130 valence electrons. The quantitative estimate of drug-likeness (QED) is 0.594. The van der Waals surface area contributed by atoms with Crippen molar-refractivity contribution in [3.05, 3.63) is 39.8 Å². The molecule has 1 unspecified atom stereocenters. The molecule has 0 aromatic heterocycles. The van der Waals surface area contributed by atoms with Gasteiger partial charge in [-0.3, -0.25) is 0 Å². The lowest BCUT2D eigenvalue weighted by Gasteiger charge is -2.26. The van der Waals surface area contributed by atoms with Crippen molar-refractivity contribution in [3.8, 4) is 0 Å². The van der Waals surface area contributed by atoms with Gasteiger partial charge in [-0.1, -0.05) is 37.4 Å². The standard InChI is InChI=1S/C18H23ClN2O2S/c1-12-5-3-4-6-16(12)20-18(22)21-11-24(23)17(13(21)2)14-7-9-15(19)10-8-14/h7,9-12,16H,3-6,8H2,1-2H3,(H,20,22)/t12-,16-,24?/m1/s1. The van der Waals surface area contributed by atoms with Crippen molar-refractivity contribution in [2.45, 2.75) is 52.0 Å². The Morgan fingerprint density at radius 1 is 1.42 bits per heavy atom. The number of hydrogen-bond acceptors (Lipinski definition) is 2. The molecule has 1 saturated carbocycles. The Labute approximate surface area is 150 Å². The van der Waals surface area contributed by atoms with Crippen molar-refractivity contribution in [2.75, 3.05) is 0 Å². The molecular weight excluding hydrogens is 344 g/mol. The fourth-order valence-electron chi connectivity index (χ4n) is 3.50. The van der Waals surface area contributed by atoms with Crippen LogP contribution >= 0.6 is 11.6 Å². The summed E-state index contributed by atoms with van der Waals surface area (Å²) < 4.78 is 14.0. The zero-order valence-electron chi connectivity index (χ0n) is 14.0. The van der Waals surface area contributed by atoms with Gasteiger partial charge in [0, 0.05) is 5.70 Å². The minimum Gasteiger partial charge on any atom is -0.248 e. The summed E-state index contributed by atoms with van der Waals surface area (Å²) in [5.74, 6) is 1.44. The van der Waals surface area contributed by atoms with E-state index in [4.69, 9.17) is 11.6 Å². The normalized spacial score (nSPS) is 30.3. The molecule has 0 saturated heterocycles. The molecule has 1 N–H and O–H groups in total. The minimum atomic E-state index is -1.31. The minimum absolute atomic E-state index is 0.177. The third-order valence-electron chi connectivity index (χ3n) is 4.98. The van der Waals surface area contributed by atoms with Crippen LogP contribution in [0.1, 0.15) is 46.0 Å². The van der Waals surface area contributed by atoms with E-state index in [2.05, 4.69) is 12.2 Å². The van der Waals surface area contributed by atoms with Gasteiger partial charge in [0.05, 0.1) is 16.8 Å². The van der Waals surface area contributed by atoms with E-state index >= 15 is 0 Å². The lowest BCUT2D eigenvalue weighted by Crippen LogP contribution is -2.44. The van der Waals surface area contributed by atoms with Crippen LogP contribution in [0.15, 0.2) is 33.9 Å². The van der Waals surface area contributed by atoms with E-state index in [1.165, 1.54) is 16.5 Å². The predicted octanol–water partition coefficient (Wildman–Crippen LogP) is 3.97. The Balaban J connectivity index is 1.74. The molecule has 3 aliphatic rings. The Kier molecular flexibility index (Phi) is 5.30. The molecular formula is C18H23ClN2O2S. The molecule has 0 aromatic carbocycles. The maximum absolute atomic E-state index is 12.7. The lowest BCUT2D eigenvalue weighted by molar-refractivity contribution is -0.364. The molecule has 0 aromatic rings. The molecule has 0 bridgehead atoms. The second-order valence-corrected chi connectivity index (χ2v) is 8.31. The van der Waals surface area contributed by atoms with Gasteiger partial charge in [-0.15, -0.1) is 12.0 Å². The zero-order chi connectivity index (χ0) is 17.3. The summed E-state index contributed by atoms with van der Waals surface area (Å²) in [6.45, 7) is 4.03. The molecule has 1 aliphatic heterocycles. The maximum Gasteiger partial charge on any atom is 0.485 e. The fraction of sp³-hybridized carbons (Fsp3) is 0.500. The van der Waals surface area contributed by atoms with E-state index in [9.17, 15) is 9.00 Å². The number of hydrogen-bond donors (Lipinski definition) is 1. The number of carbonyl (C=O) groups excluding carboxylic acids is 1. The van der Waals surface area contributed by atoms with Crippen molar-refractivity contribution in [1.82, 2.24) is 5.32 Å². The summed E-state index contributed by atoms with van der Waals surface area (Å²) in [5, 5.41) is 3.80. The Morgan fingerprint density at radius 3 is 2.83 bits per heavy atom. The zero-order valence-corrected chi connectivity index (χ0v) is 15.6. The number of nitrogens with zero attached hydrogens (tertiary/aromatic N) is 1. The molecule has 0 spiro atoms.